The van der Waals surface area contributed by atoms with Gasteiger partial charge in [-0.05, 0) is 33.1 Å². The third-order valence-corrected chi connectivity index (χ3v) is 3.45. The van der Waals surface area contributed by atoms with Gasteiger partial charge in [0.2, 0.25) is 5.91 Å². The average molecular weight is 244 g/mol. The van der Waals surface area contributed by atoms with Gasteiger partial charge in [-0.25, -0.2) is 0 Å². The van der Waals surface area contributed by atoms with Gasteiger partial charge in [-0.15, -0.1) is 0 Å². The van der Waals surface area contributed by atoms with Gasteiger partial charge in [0.1, 0.15) is 0 Å². The smallest absolute Gasteiger partial charge is 0.237 e. The van der Waals surface area contributed by atoms with Crippen molar-refractivity contribution in [1.29, 1.82) is 0 Å². The lowest BCUT2D eigenvalue weighted by Gasteiger charge is -2.27. The van der Waals surface area contributed by atoms with E-state index in [1.165, 1.54) is 0 Å². The maximum atomic E-state index is 11.8. The fourth-order valence-electron chi connectivity index (χ4n) is 1.41. The zero-order valence-electron chi connectivity index (χ0n) is 11.8. The molecule has 0 radical (unpaired) electrons. The molecule has 0 saturated carbocycles. The minimum absolute atomic E-state index is 0.00564. The van der Waals surface area contributed by atoms with Crippen molar-refractivity contribution < 1.29 is 9.90 Å². The molecule has 2 atom stereocenters. The van der Waals surface area contributed by atoms with Gasteiger partial charge in [0.15, 0.2) is 0 Å². The van der Waals surface area contributed by atoms with Gasteiger partial charge in [-0.2, -0.15) is 0 Å². The van der Waals surface area contributed by atoms with Crippen LogP contribution < -0.4 is 10.6 Å². The van der Waals surface area contributed by atoms with E-state index in [0.29, 0.717) is 19.4 Å². The average Bonchev–Trinajstić information content (AvgIpc) is 2.35. The normalized spacial score (nSPS) is 15.4. The fraction of sp³-hybridized carbons (Fsp3) is 0.923. The Bertz CT molecular complexity index is 227. The molecule has 4 nitrogen and oxygen atoms in total. The molecule has 0 aliphatic rings. The second-order valence-corrected chi connectivity index (χ2v) is 4.85. The summed E-state index contributed by atoms with van der Waals surface area (Å²) < 4.78 is 0. The summed E-state index contributed by atoms with van der Waals surface area (Å²) in [6, 6.07) is -0.0726. The van der Waals surface area contributed by atoms with Crippen molar-refractivity contribution >= 4 is 5.91 Å². The molecule has 0 rings (SSSR count). The van der Waals surface area contributed by atoms with Crippen LogP contribution in [0.1, 0.15) is 53.9 Å². The highest BCUT2D eigenvalue weighted by molar-refractivity contribution is 5.81. The minimum atomic E-state index is -0.703. The van der Waals surface area contributed by atoms with Gasteiger partial charge in [0.05, 0.1) is 11.6 Å². The van der Waals surface area contributed by atoms with Crippen LogP contribution in [-0.2, 0) is 4.79 Å². The fourth-order valence-corrected chi connectivity index (χ4v) is 1.41. The Labute approximate surface area is 105 Å². The van der Waals surface area contributed by atoms with Crippen molar-refractivity contribution in [2.45, 2.75) is 71.6 Å². The van der Waals surface area contributed by atoms with Crippen molar-refractivity contribution in [3.05, 3.63) is 0 Å². The van der Waals surface area contributed by atoms with Crippen molar-refractivity contribution in [1.82, 2.24) is 10.6 Å². The largest absolute Gasteiger partial charge is 0.389 e. The number of rotatable bonds is 8. The Morgan fingerprint density at radius 3 is 2.18 bits per heavy atom. The maximum Gasteiger partial charge on any atom is 0.237 e. The molecule has 2 unspecified atom stereocenters. The molecule has 0 aliphatic heterocycles. The van der Waals surface area contributed by atoms with Gasteiger partial charge < -0.3 is 15.7 Å². The van der Waals surface area contributed by atoms with Crippen LogP contribution in [0.15, 0.2) is 0 Å². The van der Waals surface area contributed by atoms with E-state index < -0.39 is 5.60 Å². The molecule has 0 aliphatic carbocycles. The molecule has 17 heavy (non-hydrogen) atoms. The SMILES string of the molecule is CCC(C)NC(=O)C(C)NCC(O)(CC)CC. The minimum Gasteiger partial charge on any atom is -0.389 e. The molecular weight excluding hydrogens is 216 g/mol. The van der Waals surface area contributed by atoms with Crippen LogP contribution in [0.3, 0.4) is 0 Å². The van der Waals surface area contributed by atoms with E-state index in [9.17, 15) is 9.90 Å². The highest BCUT2D eigenvalue weighted by Gasteiger charge is 2.24. The Balaban J connectivity index is 4.08. The van der Waals surface area contributed by atoms with E-state index in [0.717, 1.165) is 6.42 Å². The van der Waals surface area contributed by atoms with Crippen LogP contribution in [0, 0.1) is 0 Å². The first-order chi connectivity index (χ1) is 7.88. The number of carbonyl (C=O) groups excluding carboxylic acids is 1. The third-order valence-electron chi connectivity index (χ3n) is 3.45. The summed E-state index contributed by atoms with van der Waals surface area (Å²) in [6.45, 7) is 10.2. The quantitative estimate of drug-likeness (QED) is 0.605. The van der Waals surface area contributed by atoms with E-state index in [2.05, 4.69) is 10.6 Å². The van der Waals surface area contributed by atoms with Crippen LogP contribution in [-0.4, -0.2) is 35.2 Å². The molecule has 0 bridgehead atoms. The lowest BCUT2D eigenvalue weighted by molar-refractivity contribution is -0.123. The molecule has 4 heteroatoms. The summed E-state index contributed by atoms with van der Waals surface area (Å²) in [4.78, 5) is 11.8. The zero-order chi connectivity index (χ0) is 13.5. The predicted octanol–water partition coefficient (Wildman–Crippen LogP) is 1.43. The topological polar surface area (TPSA) is 61.4 Å². The highest BCUT2D eigenvalue weighted by atomic mass is 16.3. The van der Waals surface area contributed by atoms with Crippen molar-refractivity contribution in [2.75, 3.05) is 6.54 Å². The number of hydrogen-bond acceptors (Lipinski definition) is 3. The zero-order valence-corrected chi connectivity index (χ0v) is 11.8. The first-order valence-electron chi connectivity index (χ1n) is 6.64. The van der Waals surface area contributed by atoms with E-state index in [1.807, 2.05) is 34.6 Å². The summed E-state index contributed by atoms with van der Waals surface area (Å²) in [5, 5.41) is 16.1. The molecule has 0 heterocycles. The Kier molecular flexibility index (Phi) is 7.39. The summed E-state index contributed by atoms with van der Waals surface area (Å²) in [7, 11) is 0. The standard InChI is InChI=1S/C13H28N2O2/c1-6-10(4)15-12(16)11(5)14-9-13(17,7-2)8-3/h10-11,14,17H,6-9H2,1-5H3,(H,15,16). The molecule has 0 spiro atoms. The Hall–Kier alpha value is -0.610. The van der Waals surface area contributed by atoms with E-state index in [-0.39, 0.29) is 18.0 Å². The maximum absolute atomic E-state index is 11.8. The van der Waals surface area contributed by atoms with E-state index in [4.69, 9.17) is 0 Å². The summed E-state index contributed by atoms with van der Waals surface area (Å²) in [5.74, 6) is -0.00564. The first-order valence-corrected chi connectivity index (χ1v) is 6.64. The lowest BCUT2D eigenvalue weighted by atomic mass is 9.97. The molecule has 0 aromatic rings. The van der Waals surface area contributed by atoms with E-state index in [1.54, 1.807) is 0 Å². The molecule has 3 N–H and O–H groups in total. The molecule has 0 saturated heterocycles. The highest BCUT2D eigenvalue weighted by Crippen LogP contribution is 2.13. The van der Waals surface area contributed by atoms with Crippen LogP contribution >= 0.6 is 0 Å². The van der Waals surface area contributed by atoms with Crippen LogP contribution in [0.25, 0.3) is 0 Å². The molecule has 0 aromatic carbocycles. The van der Waals surface area contributed by atoms with Crippen LogP contribution in [0.2, 0.25) is 0 Å². The van der Waals surface area contributed by atoms with Crippen LogP contribution in [0.4, 0.5) is 0 Å². The van der Waals surface area contributed by atoms with Crippen molar-refractivity contribution in [3.8, 4) is 0 Å². The number of nitrogens with one attached hydrogen (secondary N) is 2. The number of aliphatic hydroxyl groups is 1. The number of hydrogen-bond donors (Lipinski definition) is 3. The molecule has 1 amide bonds. The van der Waals surface area contributed by atoms with Gasteiger partial charge in [0.25, 0.3) is 0 Å². The monoisotopic (exact) mass is 244 g/mol. The Morgan fingerprint density at radius 2 is 1.76 bits per heavy atom. The molecule has 102 valence electrons. The number of carbonyl (C=O) groups is 1. The van der Waals surface area contributed by atoms with Gasteiger partial charge in [-0.3, -0.25) is 4.79 Å². The van der Waals surface area contributed by atoms with Crippen LogP contribution in [0.5, 0.6) is 0 Å². The predicted molar refractivity (Wildman–Crippen MR) is 70.9 cm³/mol. The van der Waals surface area contributed by atoms with Crippen molar-refractivity contribution in [3.63, 3.8) is 0 Å². The molecule has 0 aromatic heterocycles. The summed E-state index contributed by atoms with van der Waals surface area (Å²) in [5.41, 5.74) is -0.703. The van der Waals surface area contributed by atoms with Crippen molar-refractivity contribution in [2.24, 2.45) is 0 Å². The molecule has 0 fully saturated rings. The molecular formula is C13H28N2O2. The van der Waals surface area contributed by atoms with Gasteiger partial charge in [0, 0.05) is 12.6 Å². The second-order valence-electron chi connectivity index (χ2n) is 4.85. The third kappa shape index (κ3) is 6.03. The Morgan fingerprint density at radius 1 is 1.24 bits per heavy atom. The summed E-state index contributed by atoms with van der Waals surface area (Å²) in [6.07, 6.45) is 2.30. The van der Waals surface area contributed by atoms with E-state index >= 15 is 0 Å². The van der Waals surface area contributed by atoms with Gasteiger partial charge >= 0.3 is 0 Å². The second kappa shape index (κ2) is 7.67. The van der Waals surface area contributed by atoms with Gasteiger partial charge in [-0.1, -0.05) is 20.8 Å². The first kappa shape index (κ1) is 16.4. The lowest BCUT2D eigenvalue weighted by Crippen LogP contribution is -2.50. The number of amides is 1. The summed E-state index contributed by atoms with van der Waals surface area (Å²) >= 11 is 0.